The maximum absolute atomic E-state index is 7.53. The second-order valence-corrected chi connectivity index (χ2v) is 123. The van der Waals surface area contributed by atoms with Crippen LogP contribution in [-0.2, 0) is 17.1 Å². The fraction of sp³-hybridized carbons (Fsp3) is 0.125. The summed E-state index contributed by atoms with van der Waals surface area (Å²) in [5.41, 5.74) is 1.14. The van der Waals surface area contributed by atoms with Crippen LogP contribution in [0, 0.1) is 5.41 Å². The van der Waals surface area contributed by atoms with Crippen LogP contribution < -0.4 is 4.80 Å². The Bertz CT molecular complexity index is 496. The maximum atomic E-state index is 7.53. The van der Waals surface area contributed by atoms with Crippen LogP contribution >= 0.6 is 64.3 Å². The number of nitrogens with one attached hydrogen (secondary N) is 1. The third-order valence-electron chi connectivity index (χ3n) is 1.74. The summed E-state index contributed by atoms with van der Waals surface area (Å²) < 4.78 is 3.07. The van der Waals surface area contributed by atoms with Gasteiger partial charge in [-0.2, -0.15) is 0 Å². The molecule has 0 aliphatic rings. The Kier molecular flexibility index (Phi) is 7.51. The number of hydrogen-bond donors (Lipinski definition) is 1. The summed E-state index contributed by atoms with van der Waals surface area (Å²) in [6.07, 6.45) is 0. The van der Waals surface area contributed by atoms with E-state index in [-0.39, 0.29) is 1.43 Å². The van der Waals surface area contributed by atoms with Gasteiger partial charge in [0.15, 0.2) is 4.80 Å². The fourth-order valence-electron chi connectivity index (χ4n) is 1.10. The van der Waals surface area contributed by atoms with E-state index in [2.05, 4.69) is 53.0 Å². The number of aromatic nitrogens is 1. The molecule has 1 aromatic heterocycles. The molecular formula is C8H9HgI3N2S. The van der Waals surface area contributed by atoms with Gasteiger partial charge >= 0.3 is 64.5 Å². The number of nitrogens with zero attached hydrogens (tertiary/aromatic N) is 1. The summed E-state index contributed by atoms with van der Waals surface area (Å²) in [5.74, 6) is 0. The molecule has 2 nitrogen and oxygen atoms in total. The zero-order valence-electron chi connectivity index (χ0n) is 9.01. The van der Waals surface area contributed by atoms with Gasteiger partial charge in [-0.1, -0.05) is 23.5 Å². The summed E-state index contributed by atoms with van der Waals surface area (Å²) in [6.45, 7) is 0. The second-order valence-electron chi connectivity index (χ2n) is 2.74. The van der Waals surface area contributed by atoms with E-state index in [1.165, 1.54) is 16.0 Å². The molecule has 0 unspecified atom stereocenters. The van der Waals surface area contributed by atoms with Gasteiger partial charge in [0.1, 0.15) is 0 Å². The Labute approximate surface area is 129 Å². The van der Waals surface area contributed by atoms with Gasteiger partial charge < -0.3 is 4.57 Å². The summed E-state index contributed by atoms with van der Waals surface area (Å²) >= 11 is 9.15. The van der Waals surface area contributed by atoms with Crippen LogP contribution in [-0.4, -0.2) is 4.57 Å². The van der Waals surface area contributed by atoms with E-state index in [0.717, 1.165) is 5.52 Å². The summed E-state index contributed by atoms with van der Waals surface area (Å²) in [4.78, 5) is 0.603. The normalized spacial score (nSPS) is 9.60. The number of hydrogen-bond acceptors (Lipinski definition) is 2. The fourth-order valence-corrected chi connectivity index (χ4v) is 2.00. The van der Waals surface area contributed by atoms with E-state index in [9.17, 15) is 0 Å². The molecule has 1 heterocycles. The Morgan fingerprint density at radius 3 is 2.40 bits per heavy atom. The number of rotatable bonds is 0. The molecule has 1 aromatic carbocycles. The van der Waals surface area contributed by atoms with Crippen molar-refractivity contribution in [3.05, 3.63) is 29.1 Å². The summed E-state index contributed by atoms with van der Waals surface area (Å²) in [7, 11) is 1.04. The minimum absolute atomic E-state index is 0. The van der Waals surface area contributed by atoms with Crippen molar-refractivity contribution < 1.29 is 11.5 Å². The molecule has 0 radical (unpaired) electrons. The van der Waals surface area contributed by atoms with Crippen molar-refractivity contribution in [1.29, 1.82) is 5.41 Å². The van der Waals surface area contributed by atoms with E-state index >= 15 is 0 Å². The van der Waals surface area contributed by atoms with E-state index in [1.54, 1.807) is 0 Å². The first kappa shape index (κ1) is 15.1. The molecular weight excluding hydrogens is 737 g/mol. The zero-order valence-corrected chi connectivity index (χ0v) is 20.8. The molecule has 0 aliphatic carbocycles. The quantitative estimate of drug-likeness (QED) is 0.305. The SMILES string of the molecule is Cn1c(=N)sc2ccccc21.[H+].[I][Hg-]([I])[I]. The molecule has 0 aliphatic heterocycles. The first-order valence-corrected chi connectivity index (χ1v) is 51.4. The van der Waals surface area contributed by atoms with Crippen molar-refractivity contribution in [2.24, 2.45) is 7.05 Å². The van der Waals surface area contributed by atoms with Crippen LogP contribution in [0.25, 0.3) is 10.2 Å². The van der Waals surface area contributed by atoms with Gasteiger partial charge in [-0.15, -0.1) is 0 Å². The van der Waals surface area contributed by atoms with Crippen LogP contribution in [0.5, 0.6) is 0 Å². The van der Waals surface area contributed by atoms with Crippen LogP contribution in [0.1, 0.15) is 1.43 Å². The summed E-state index contributed by atoms with van der Waals surface area (Å²) in [6, 6.07) is 8.06. The first-order valence-electron chi connectivity index (χ1n) is 4.18. The summed E-state index contributed by atoms with van der Waals surface area (Å²) in [5, 5.41) is 7.53. The monoisotopic (exact) mass is 748 g/mol. The zero-order chi connectivity index (χ0) is 11.4. The van der Waals surface area contributed by atoms with Crippen molar-refractivity contribution in [1.82, 2.24) is 4.57 Å². The number of para-hydroxylation sites is 1. The van der Waals surface area contributed by atoms with Crippen LogP contribution in [0.4, 0.5) is 0 Å². The Balaban J connectivity index is 0.000000397. The number of halogens is 3. The van der Waals surface area contributed by atoms with E-state index in [1.807, 2.05) is 35.9 Å². The molecule has 0 spiro atoms. The molecule has 0 bridgehead atoms. The molecule has 80 valence electrons. The number of benzene rings is 1. The van der Waals surface area contributed by atoms with Crippen LogP contribution in [0.15, 0.2) is 24.3 Å². The van der Waals surface area contributed by atoms with Crippen molar-refractivity contribution in [2.45, 2.75) is 0 Å². The average Bonchev–Trinajstić information content (AvgIpc) is 2.43. The average molecular weight is 747 g/mol. The standard InChI is InChI=1S/C8H8N2S.Hg.3HI/c1-10-6-4-2-3-5-7(6)11-8(10)9;;;;/h2-5,9H,1H3;;3*1H/q;+2;;;/p-2. The topological polar surface area (TPSA) is 28.8 Å². The molecule has 0 saturated carbocycles. The van der Waals surface area contributed by atoms with Crippen LogP contribution in [0.3, 0.4) is 0 Å². The molecule has 0 amide bonds. The second kappa shape index (κ2) is 7.47. The van der Waals surface area contributed by atoms with Crippen molar-refractivity contribution >= 4 is 74.5 Å². The van der Waals surface area contributed by atoms with Crippen LogP contribution in [0.2, 0.25) is 0 Å². The molecule has 2 aromatic rings. The molecule has 2 rings (SSSR count). The van der Waals surface area contributed by atoms with E-state index < -0.39 is 10.0 Å². The molecule has 15 heavy (non-hydrogen) atoms. The van der Waals surface area contributed by atoms with E-state index in [4.69, 9.17) is 5.41 Å². The van der Waals surface area contributed by atoms with Gasteiger partial charge in [-0.05, 0) is 12.1 Å². The third-order valence-corrected chi connectivity index (χ3v) is 2.77. The molecule has 0 atom stereocenters. The number of aryl methyl sites for hydroxylation is 1. The van der Waals surface area contributed by atoms with Gasteiger partial charge in [0.2, 0.25) is 0 Å². The van der Waals surface area contributed by atoms with E-state index in [0.29, 0.717) is 4.80 Å². The number of thiazole rings is 1. The predicted molar refractivity (Wildman–Crippen MR) is 89.8 cm³/mol. The molecule has 0 fully saturated rings. The predicted octanol–water partition coefficient (Wildman–Crippen LogP) is 4.49. The molecule has 0 saturated heterocycles. The Morgan fingerprint density at radius 1 is 1.33 bits per heavy atom. The Morgan fingerprint density at radius 2 is 1.87 bits per heavy atom. The minimum atomic E-state index is -0.877. The van der Waals surface area contributed by atoms with Crippen molar-refractivity contribution in [3.8, 4) is 0 Å². The van der Waals surface area contributed by atoms with Crippen molar-refractivity contribution in [2.75, 3.05) is 0 Å². The van der Waals surface area contributed by atoms with Gasteiger partial charge in [-0.3, -0.25) is 5.41 Å². The van der Waals surface area contributed by atoms with Gasteiger partial charge in [0.05, 0.1) is 10.2 Å². The number of fused-ring (bicyclic) bond motifs is 1. The van der Waals surface area contributed by atoms with Gasteiger partial charge in [0.25, 0.3) is 0 Å². The van der Waals surface area contributed by atoms with Crippen molar-refractivity contribution in [3.63, 3.8) is 0 Å². The third kappa shape index (κ3) is 5.04. The molecule has 7 heteroatoms. The first-order chi connectivity index (χ1) is 7.02. The molecule has 1 N–H and O–H groups in total. The van der Waals surface area contributed by atoms with Gasteiger partial charge in [0, 0.05) is 7.05 Å². The Hall–Kier alpha value is 2.04. The van der Waals surface area contributed by atoms with Gasteiger partial charge in [-0.25, -0.2) is 0 Å².